The number of allylic oxidation sites excluding steroid dienone is 1. The lowest BCUT2D eigenvalue weighted by molar-refractivity contribution is -0.189. The highest BCUT2D eigenvalue weighted by atomic mass is 19.4. The van der Waals surface area contributed by atoms with Crippen molar-refractivity contribution in [1.82, 2.24) is 10.2 Å². The van der Waals surface area contributed by atoms with E-state index in [1.807, 2.05) is 5.32 Å². The van der Waals surface area contributed by atoms with Gasteiger partial charge in [-0.05, 0) is 36.8 Å². The molecule has 4 rings (SSSR count). The minimum absolute atomic E-state index is 0.000697. The molecule has 0 radical (unpaired) electrons. The van der Waals surface area contributed by atoms with Gasteiger partial charge in [-0.2, -0.15) is 13.2 Å². The van der Waals surface area contributed by atoms with Crippen molar-refractivity contribution >= 4 is 17.6 Å². The Bertz CT molecular complexity index is 1550. The van der Waals surface area contributed by atoms with Gasteiger partial charge >= 0.3 is 6.18 Å². The maximum Gasteiger partial charge on any atom is 0.425 e. The van der Waals surface area contributed by atoms with E-state index in [-0.39, 0.29) is 40.6 Å². The third-order valence-electron chi connectivity index (χ3n) is 7.12. The van der Waals surface area contributed by atoms with Crippen LogP contribution >= 0.6 is 0 Å². The number of alkyl halides is 3. The number of hydrogen-bond donors (Lipinski definition) is 1. The van der Waals surface area contributed by atoms with Gasteiger partial charge in [-0.15, -0.1) is 0 Å². The molecule has 1 atom stereocenters. The average molecular weight is 599 g/mol. The van der Waals surface area contributed by atoms with E-state index in [4.69, 9.17) is 18.9 Å². The summed E-state index contributed by atoms with van der Waals surface area (Å²) in [6, 6.07) is 15.9. The molecule has 2 amide bonds. The molecule has 0 aromatic heterocycles. The Hall–Kier alpha value is -5.00. The van der Waals surface area contributed by atoms with Gasteiger partial charge in [-0.3, -0.25) is 14.4 Å². The second-order valence-corrected chi connectivity index (χ2v) is 9.51. The Labute approximate surface area is 245 Å². The minimum atomic E-state index is -5.43. The fourth-order valence-corrected chi connectivity index (χ4v) is 4.94. The number of rotatable bonds is 10. The Morgan fingerprint density at radius 3 is 1.91 bits per heavy atom. The summed E-state index contributed by atoms with van der Waals surface area (Å²) in [5, 5.41) is 1.90. The molecule has 0 aliphatic carbocycles. The smallest absolute Gasteiger partial charge is 0.425 e. The monoisotopic (exact) mass is 598 g/mol. The topological polar surface area (TPSA) is 103 Å². The quantitative estimate of drug-likeness (QED) is 0.330. The van der Waals surface area contributed by atoms with Crippen LogP contribution < -0.4 is 24.3 Å². The number of halogens is 3. The molecule has 0 spiro atoms. The lowest BCUT2D eigenvalue weighted by Crippen LogP contribution is -2.66. The van der Waals surface area contributed by atoms with Gasteiger partial charge in [0.05, 0.1) is 40.6 Å². The van der Waals surface area contributed by atoms with Crippen molar-refractivity contribution in [3.8, 4) is 23.0 Å². The predicted molar refractivity (Wildman–Crippen MR) is 149 cm³/mol. The van der Waals surface area contributed by atoms with Crippen molar-refractivity contribution in [2.24, 2.45) is 0 Å². The molecule has 3 aromatic rings. The van der Waals surface area contributed by atoms with E-state index < -0.39 is 34.9 Å². The zero-order valence-electron chi connectivity index (χ0n) is 24.0. The number of carbonyl (C=O) groups excluding carboxylic acids is 3. The van der Waals surface area contributed by atoms with Crippen LogP contribution in [-0.2, 0) is 11.3 Å². The standard InChI is InChI=1S/C31H29F3N2O7/c1-18-25(26(37)20-9-7-6-8-10-20)30(31(32,33)34,29(39)36(18)17-19-11-13-22(40-2)14-12-19)35-28(38)21-15-23(41-3)27(43-5)24(16-21)42-4/h6-16H,17H2,1-5H3,(H,35,38). The van der Waals surface area contributed by atoms with Crippen LogP contribution in [0.4, 0.5) is 13.2 Å². The van der Waals surface area contributed by atoms with Gasteiger partial charge in [-0.25, -0.2) is 0 Å². The van der Waals surface area contributed by atoms with E-state index in [1.54, 1.807) is 30.3 Å². The molecule has 1 N–H and O–H groups in total. The first kappa shape index (κ1) is 30.9. The van der Waals surface area contributed by atoms with E-state index in [0.717, 1.165) is 17.0 Å². The molecule has 0 saturated carbocycles. The molecule has 1 aliphatic rings. The molecule has 1 aliphatic heterocycles. The zero-order chi connectivity index (χ0) is 31.5. The number of ketones is 1. The molecule has 0 bridgehead atoms. The van der Waals surface area contributed by atoms with E-state index in [9.17, 15) is 14.4 Å². The highest BCUT2D eigenvalue weighted by molar-refractivity contribution is 6.19. The van der Waals surface area contributed by atoms with Gasteiger partial charge < -0.3 is 29.2 Å². The molecular weight excluding hydrogens is 569 g/mol. The minimum Gasteiger partial charge on any atom is -0.497 e. The highest BCUT2D eigenvalue weighted by Crippen LogP contribution is 2.47. The van der Waals surface area contributed by atoms with E-state index in [0.29, 0.717) is 11.3 Å². The number of methoxy groups -OCH3 is 4. The summed E-state index contributed by atoms with van der Waals surface area (Å²) in [6.07, 6.45) is -5.43. The summed E-state index contributed by atoms with van der Waals surface area (Å²) in [7, 11) is 5.33. The molecule has 12 heteroatoms. The number of hydrogen-bond acceptors (Lipinski definition) is 7. The zero-order valence-corrected chi connectivity index (χ0v) is 24.0. The molecule has 9 nitrogen and oxygen atoms in total. The molecule has 1 unspecified atom stereocenters. The van der Waals surface area contributed by atoms with Crippen LogP contribution in [0.25, 0.3) is 0 Å². The van der Waals surface area contributed by atoms with E-state index in [2.05, 4.69) is 0 Å². The number of benzene rings is 3. The molecule has 3 aromatic carbocycles. The number of amides is 2. The van der Waals surface area contributed by atoms with Crippen molar-refractivity contribution in [3.05, 3.63) is 94.7 Å². The number of carbonyl (C=O) groups is 3. The summed E-state index contributed by atoms with van der Waals surface area (Å²) in [4.78, 5) is 42.2. The van der Waals surface area contributed by atoms with Crippen LogP contribution in [0.15, 0.2) is 78.0 Å². The maximum absolute atomic E-state index is 15.3. The Morgan fingerprint density at radius 1 is 0.837 bits per heavy atom. The molecule has 226 valence electrons. The van der Waals surface area contributed by atoms with Crippen LogP contribution in [0.3, 0.4) is 0 Å². The Morgan fingerprint density at radius 2 is 1.42 bits per heavy atom. The van der Waals surface area contributed by atoms with Crippen LogP contribution in [0, 0.1) is 0 Å². The van der Waals surface area contributed by atoms with Crippen molar-refractivity contribution < 1.29 is 46.5 Å². The average Bonchev–Trinajstić information content (AvgIpc) is 3.22. The predicted octanol–water partition coefficient (Wildman–Crippen LogP) is 4.95. The first-order valence-corrected chi connectivity index (χ1v) is 12.9. The van der Waals surface area contributed by atoms with Gasteiger partial charge in [0.25, 0.3) is 11.8 Å². The SMILES string of the molecule is COc1ccc(CN2C(=O)C(NC(=O)c3cc(OC)c(OC)c(OC)c3)(C(F)(F)F)C(C(=O)c3ccccc3)=C2C)cc1. The van der Waals surface area contributed by atoms with E-state index >= 15 is 13.2 Å². The number of ether oxygens (including phenoxy) is 4. The Balaban J connectivity index is 1.89. The van der Waals surface area contributed by atoms with Crippen molar-refractivity contribution in [1.29, 1.82) is 0 Å². The van der Waals surface area contributed by atoms with Gasteiger partial charge in [0, 0.05) is 16.8 Å². The lowest BCUT2D eigenvalue weighted by Gasteiger charge is -2.33. The molecule has 0 fully saturated rings. The first-order chi connectivity index (χ1) is 20.4. The second kappa shape index (κ2) is 12.1. The largest absolute Gasteiger partial charge is 0.497 e. The summed E-state index contributed by atoms with van der Waals surface area (Å²) in [5.41, 5.74) is -4.83. The summed E-state index contributed by atoms with van der Waals surface area (Å²) < 4.78 is 66.8. The summed E-state index contributed by atoms with van der Waals surface area (Å²) in [5.74, 6) is -3.29. The van der Waals surface area contributed by atoms with Crippen LogP contribution in [0.5, 0.6) is 23.0 Å². The highest BCUT2D eigenvalue weighted by Gasteiger charge is 2.70. The molecule has 43 heavy (non-hydrogen) atoms. The number of nitrogens with zero attached hydrogens (tertiary/aromatic N) is 1. The van der Waals surface area contributed by atoms with Crippen LogP contribution in [-0.4, -0.2) is 62.7 Å². The third-order valence-corrected chi connectivity index (χ3v) is 7.12. The lowest BCUT2D eigenvalue weighted by atomic mass is 9.84. The molecule has 0 saturated heterocycles. The van der Waals surface area contributed by atoms with Crippen LogP contribution in [0.2, 0.25) is 0 Å². The van der Waals surface area contributed by atoms with Crippen molar-refractivity contribution in [2.45, 2.75) is 25.2 Å². The van der Waals surface area contributed by atoms with Crippen molar-refractivity contribution in [3.63, 3.8) is 0 Å². The fraction of sp³-hybridized carbons (Fsp3) is 0.258. The summed E-state index contributed by atoms with van der Waals surface area (Å²) in [6.45, 7) is 0.939. The number of Topliss-reactive ketones (excluding diaryl/α,β-unsaturated/α-hetero) is 1. The van der Waals surface area contributed by atoms with Gasteiger partial charge in [-0.1, -0.05) is 42.5 Å². The fourth-order valence-electron chi connectivity index (χ4n) is 4.94. The van der Waals surface area contributed by atoms with Crippen molar-refractivity contribution in [2.75, 3.05) is 28.4 Å². The molecular formula is C31H29F3N2O7. The van der Waals surface area contributed by atoms with Gasteiger partial charge in [0.2, 0.25) is 11.3 Å². The molecule has 1 heterocycles. The van der Waals surface area contributed by atoms with E-state index in [1.165, 1.54) is 59.6 Å². The maximum atomic E-state index is 15.3. The third kappa shape index (κ3) is 5.47. The Kier molecular flexibility index (Phi) is 8.70. The van der Waals surface area contributed by atoms with Crippen LogP contribution in [0.1, 0.15) is 33.2 Å². The second-order valence-electron chi connectivity index (χ2n) is 9.51. The van der Waals surface area contributed by atoms with Gasteiger partial charge in [0.15, 0.2) is 17.3 Å². The van der Waals surface area contributed by atoms with Gasteiger partial charge in [0.1, 0.15) is 5.75 Å². The number of nitrogens with one attached hydrogen (secondary N) is 1. The summed E-state index contributed by atoms with van der Waals surface area (Å²) >= 11 is 0. The normalized spacial score (nSPS) is 16.7. The first-order valence-electron chi connectivity index (χ1n) is 12.9.